The Morgan fingerprint density at radius 3 is 2.60 bits per heavy atom. The van der Waals surface area contributed by atoms with E-state index in [-0.39, 0.29) is 27.5 Å². The zero-order chi connectivity index (χ0) is 14.7. The Morgan fingerprint density at radius 1 is 1.20 bits per heavy atom. The summed E-state index contributed by atoms with van der Waals surface area (Å²) in [5.74, 6) is -0.484. The van der Waals surface area contributed by atoms with Crippen molar-refractivity contribution < 1.29 is 10.2 Å². The molecule has 0 bridgehead atoms. The van der Waals surface area contributed by atoms with Crippen LogP contribution in [0.1, 0.15) is 16.8 Å². The molecule has 0 unspecified atom stereocenters. The second kappa shape index (κ2) is 5.42. The van der Waals surface area contributed by atoms with Gasteiger partial charge in [-0.1, -0.05) is 12.1 Å². The van der Waals surface area contributed by atoms with E-state index in [1.165, 1.54) is 18.2 Å². The number of H-pyrrole nitrogens is 2. The number of nitrogens with zero attached hydrogens (tertiary/aromatic N) is 1. The lowest BCUT2D eigenvalue weighted by atomic mass is 10.1. The van der Waals surface area contributed by atoms with Crippen LogP contribution in [-0.2, 0) is 0 Å². The highest BCUT2D eigenvalue weighted by Gasteiger charge is 2.05. The zero-order valence-electron chi connectivity index (χ0n) is 10.0. The fourth-order valence-corrected chi connectivity index (χ4v) is 1.77. The molecule has 100 valence electrons. The summed E-state index contributed by atoms with van der Waals surface area (Å²) in [7, 11) is 0. The topological polar surface area (TPSA) is 113 Å². The van der Waals surface area contributed by atoms with E-state index in [0.29, 0.717) is 5.56 Å². The van der Waals surface area contributed by atoms with Crippen LogP contribution in [0.3, 0.4) is 0 Å². The third kappa shape index (κ3) is 2.76. The molecule has 1 aromatic carbocycles. The van der Waals surface area contributed by atoms with Gasteiger partial charge in [0.25, 0.3) is 5.56 Å². The summed E-state index contributed by atoms with van der Waals surface area (Å²) in [5.41, 5.74) is 0.208. The van der Waals surface area contributed by atoms with Crippen LogP contribution >= 0.6 is 12.2 Å². The molecule has 0 aliphatic carbocycles. The first kappa shape index (κ1) is 13.6. The fraction of sp³-hybridized carbons (Fsp3) is 0. The van der Waals surface area contributed by atoms with Crippen molar-refractivity contribution in [3.05, 3.63) is 50.1 Å². The molecule has 6 nitrogen and oxygen atoms in total. The Bertz CT molecular complexity index is 843. The van der Waals surface area contributed by atoms with E-state index < -0.39 is 5.56 Å². The molecule has 0 saturated carbocycles. The molecule has 1 heterocycles. The minimum Gasteiger partial charge on any atom is -0.504 e. The predicted molar refractivity (Wildman–Crippen MR) is 75.7 cm³/mol. The molecule has 4 N–H and O–H groups in total. The largest absolute Gasteiger partial charge is 0.504 e. The number of phenolic OH excluding ortho intramolecular Hbond substituents is 2. The maximum Gasteiger partial charge on any atom is 0.270 e. The van der Waals surface area contributed by atoms with E-state index in [4.69, 9.17) is 17.5 Å². The quantitative estimate of drug-likeness (QED) is 0.497. The van der Waals surface area contributed by atoms with Crippen molar-refractivity contribution in [1.29, 1.82) is 5.26 Å². The van der Waals surface area contributed by atoms with Crippen LogP contribution in [0, 0.1) is 16.1 Å². The highest BCUT2D eigenvalue weighted by Crippen LogP contribution is 2.25. The summed E-state index contributed by atoms with van der Waals surface area (Å²) in [5, 5.41) is 27.5. The Kier molecular flexibility index (Phi) is 3.68. The monoisotopic (exact) mass is 287 g/mol. The summed E-state index contributed by atoms with van der Waals surface area (Å²) in [6.45, 7) is 0. The number of nitriles is 1. The molecule has 1 aromatic heterocycles. The molecule has 2 aromatic rings. The Balaban J connectivity index is 2.46. The van der Waals surface area contributed by atoms with Gasteiger partial charge in [0.15, 0.2) is 16.3 Å². The molecular formula is C13H9N3O3S. The predicted octanol–water partition coefficient (Wildman–Crippen LogP) is 1.89. The molecular weight excluding hydrogens is 278 g/mol. The number of hydrogen-bond donors (Lipinski definition) is 4. The maximum absolute atomic E-state index is 11.5. The summed E-state index contributed by atoms with van der Waals surface area (Å²) >= 11 is 4.84. The first-order valence-corrected chi connectivity index (χ1v) is 5.89. The Labute approximate surface area is 118 Å². The van der Waals surface area contributed by atoms with Gasteiger partial charge in [0.05, 0.1) is 5.69 Å². The van der Waals surface area contributed by atoms with Crippen LogP contribution in [0.5, 0.6) is 11.5 Å². The highest BCUT2D eigenvalue weighted by atomic mass is 32.1. The molecule has 0 atom stereocenters. The van der Waals surface area contributed by atoms with Gasteiger partial charge < -0.3 is 15.2 Å². The Hall–Kier alpha value is -2.85. The Morgan fingerprint density at radius 2 is 1.95 bits per heavy atom. The third-order valence-electron chi connectivity index (χ3n) is 2.53. The van der Waals surface area contributed by atoms with Crippen LogP contribution in [0.2, 0.25) is 0 Å². The normalized spacial score (nSPS) is 10.6. The van der Waals surface area contributed by atoms with Crippen LogP contribution in [0.4, 0.5) is 0 Å². The van der Waals surface area contributed by atoms with Crippen molar-refractivity contribution in [2.24, 2.45) is 0 Å². The second-order valence-corrected chi connectivity index (χ2v) is 4.30. The van der Waals surface area contributed by atoms with Gasteiger partial charge in [0.1, 0.15) is 11.6 Å². The number of aromatic hydroxyl groups is 2. The number of hydrogen-bond acceptors (Lipinski definition) is 5. The highest BCUT2D eigenvalue weighted by molar-refractivity contribution is 7.71. The summed E-state index contributed by atoms with van der Waals surface area (Å²) in [6.07, 6.45) is 3.06. The van der Waals surface area contributed by atoms with Gasteiger partial charge in [0.2, 0.25) is 0 Å². The van der Waals surface area contributed by atoms with Crippen LogP contribution in [0.25, 0.3) is 12.2 Å². The van der Waals surface area contributed by atoms with Gasteiger partial charge >= 0.3 is 0 Å². The maximum atomic E-state index is 11.5. The lowest BCUT2D eigenvalue weighted by Gasteiger charge is -2.00. The van der Waals surface area contributed by atoms with Gasteiger partial charge in [-0.3, -0.25) is 9.78 Å². The molecule has 0 fully saturated rings. The smallest absolute Gasteiger partial charge is 0.270 e. The molecule has 0 aliphatic heterocycles. The van der Waals surface area contributed by atoms with Crippen LogP contribution in [0.15, 0.2) is 23.0 Å². The van der Waals surface area contributed by atoms with Crippen molar-refractivity contribution in [3.63, 3.8) is 0 Å². The molecule has 20 heavy (non-hydrogen) atoms. The number of benzene rings is 1. The van der Waals surface area contributed by atoms with E-state index in [0.717, 1.165) is 0 Å². The van der Waals surface area contributed by atoms with Crippen molar-refractivity contribution in [2.45, 2.75) is 0 Å². The average molecular weight is 287 g/mol. The van der Waals surface area contributed by atoms with Gasteiger partial charge in [-0.15, -0.1) is 0 Å². The first-order valence-electron chi connectivity index (χ1n) is 5.48. The number of aromatic amines is 2. The molecule has 0 radical (unpaired) electrons. The molecule has 0 spiro atoms. The summed E-state index contributed by atoms with van der Waals surface area (Å²) in [4.78, 5) is 16.6. The molecule has 0 amide bonds. The SMILES string of the molecule is N#Cc1c(/C=C/c2ccc(O)c(O)c2)[nH]c(=S)[nH]c1=O. The van der Waals surface area contributed by atoms with Gasteiger partial charge in [-0.05, 0) is 36.0 Å². The van der Waals surface area contributed by atoms with E-state index in [1.807, 2.05) is 0 Å². The van der Waals surface area contributed by atoms with Gasteiger partial charge in [-0.2, -0.15) is 5.26 Å². The third-order valence-corrected chi connectivity index (χ3v) is 2.73. The van der Waals surface area contributed by atoms with E-state index in [9.17, 15) is 15.0 Å². The van der Waals surface area contributed by atoms with E-state index >= 15 is 0 Å². The minimum absolute atomic E-state index is 0.0853. The van der Waals surface area contributed by atoms with E-state index in [2.05, 4.69) is 9.97 Å². The summed E-state index contributed by atoms with van der Waals surface area (Å²) < 4.78 is 0.113. The van der Waals surface area contributed by atoms with Crippen LogP contribution in [-0.4, -0.2) is 20.2 Å². The molecule has 7 heteroatoms. The number of rotatable bonds is 2. The van der Waals surface area contributed by atoms with Crippen molar-refractivity contribution in [1.82, 2.24) is 9.97 Å². The standard InChI is InChI=1S/C13H9N3O3S/c14-6-8-9(15-13(20)16-12(8)19)3-1-7-2-4-10(17)11(18)5-7/h1-5,17-18H,(H2,15,16,19,20)/b3-1+. The van der Waals surface area contributed by atoms with Crippen molar-refractivity contribution in [3.8, 4) is 17.6 Å². The van der Waals surface area contributed by atoms with E-state index in [1.54, 1.807) is 18.2 Å². The number of nitrogens with one attached hydrogen (secondary N) is 2. The molecule has 0 aliphatic rings. The van der Waals surface area contributed by atoms with Gasteiger partial charge in [-0.25, -0.2) is 0 Å². The number of aromatic nitrogens is 2. The summed E-state index contributed by atoms with van der Waals surface area (Å²) in [6, 6.07) is 6.04. The molecule has 0 saturated heterocycles. The lowest BCUT2D eigenvalue weighted by Crippen LogP contribution is -2.13. The van der Waals surface area contributed by atoms with Crippen LogP contribution < -0.4 is 5.56 Å². The fourth-order valence-electron chi connectivity index (χ4n) is 1.56. The first-order chi connectivity index (χ1) is 9.51. The minimum atomic E-state index is -0.565. The zero-order valence-corrected chi connectivity index (χ0v) is 10.9. The number of phenols is 2. The molecule has 2 rings (SSSR count). The van der Waals surface area contributed by atoms with Gasteiger partial charge in [0, 0.05) is 0 Å². The average Bonchev–Trinajstić information content (AvgIpc) is 2.39. The van der Waals surface area contributed by atoms with Crippen molar-refractivity contribution in [2.75, 3.05) is 0 Å². The lowest BCUT2D eigenvalue weighted by molar-refractivity contribution is 0.403. The van der Waals surface area contributed by atoms with Crippen molar-refractivity contribution >= 4 is 24.4 Å². The second-order valence-electron chi connectivity index (χ2n) is 3.89.